The Kier molecular flexibility index (Phi) is 8.11. The molecule has 0 aliphatic heterocycles. The number of nitrogens with one attached hydrogen (secondary N) is 1. The summed E-state index contributed by atoms with van der Waals surface area (Å²) in [6.07, 6.45) is 0.579. The first-order valence-corrected chi connectivity index (χ1v) is 6.18. The van der Waals surface area contributed by atoms with Crippen molar-refractivity contribution in [1.82, 2.24) is 10.2 Å². The normalized spacial score (nSPS) is 12.3. The van der Waals surface area contributed by atoms with Crippen LogP contribution in [0, 0.1) is 5.92 Å². The van der Waals surface area contributed by atoms with E-state index in [0.29, 0.717) is 26.1 Å². The lowest BCUT2D eigenvalue weighted by Gasteiger charge is -2.19. The van der Waals surface area contributed by atoms with Gasteiger partial charge < -0.3 is 20.1 Å². The van der Waals surface area contributed by atoms with Crippen molar-refractivity contribution < 1.29 is 19.4 Å². The molecule has 2 N–H and O–H groups in total. The highest BCUT2D eigenvalue weighted by atomic mass is 16.5. The molecule has 18 heavy (non-hydrogen) atoms. The second-order valence-electron chi connectivity index (χ2n) is 4.60. The van der Waals surface area contributed by atoms with Gasteiger partial charge in [-0.2, -0.15) is 0 Å². The van der Waals surface area contributed by atoms with Crippen LogP contribution in [0.4, 0.5) is 4.79 Å². The average molecular weight is 260 g/mol. The molecule has 0 rings (SSSR count). The topological polar surface area (TPSA) is 78.9 Å². The molecular weight excluding hydrogens is 236 g/mol. The number of amides is 2. The number of carboxylic acids is 1. The molecule has 0 bridgehead atoms. The fourth-order valence-electron chi connectivity index (χ4n) is 1.18. The van der Waals surface area contributed by atoms with Crippen LogP contribution in [0.2, 0.25) is 0 Å². The highest BCUT2D eigenvalue weighted by Gasteiger charge is 2.12. The molecule has 0 aromatic carbocycles. The van der Waals surface area contributed by atoms with E-state index in [9.17, 15) is 9.59 Å². The number of carboxylic acid groups (broad SMARTS) is 1. The molecule has 0 saturated carbocycles. The van der Waals surface area contributed by atoms with Gasteiger partial charge in [0.2, 0.25) is 0 Å². The number of ether oxygens (including phenoxy) is 1. The summed E-state index contributed by atoms with van der Waals surface area (Å²) in [5.41, 5.74) is 0. The zero-order chi connectivity index (χ0) is 14.1. The molecule has 0 aliphatic rings. The van der Waals surface area contributed by atoms with Crippen molar-refractivity contribution in [2.45, 2.75) is 33.3 Å². The number of nitrogens with zero attached hydrogens (tertiary/aromatic N) is 1. The largest absolute Gasteiger partial charge is 0.481 e. The molecule has 6 heteroatoms. The fourth-order valence-corrected chi connectivity index (χ4v) is 1.18. The number of urea groups is 1. The molecule has 0 aliphatic carbocycles. The Balaban J connectivity index is 3.71. The smallest absolute Gasteiger partial charge is 0.317 e. The van der Waals surface area contributed by atoms with Crippen LogP contribution in [0.15, 0.2) is 0 Å². The van der Waals surface area contributed by atoms with Crippen LogP contribution < -0.4 is 5.32 Å². The summed E-state index contributed by atoms with van der Waals surface area (Å²) in [5, 5.41) is 11.4. The van der Waals surface area contributed by atoms with Gasteiger partial charge in [-0.15, -0.1) is 0 Å². The van der Waals surface area contributed by atoms with E-state index in [1.165, 1.54) is 4.90 Å². The van der Waals surface area contributed by atoms with Crippen LogP contribution in [0.3, 0.4) is 0 Å². The molecule has 2 amide bonds. The van der Waals surface area contributed by atoms with E-state index in [0.717, 1.165) is 0 Å². The van der Waals surface area contributed by atoms with Gasteiger partial charge in [0.15, 0.2) is 0 Å². The van der Waals surface area contributed by atoms with Gasteiger partial charge in [-0.1, -0.05) is 6.92 Å². The van der Waals surface area contributed by atoms with Gasteiger partial charge in [0.05, 0.1) is 18.6 Å². The van der Waals surface area contributed by atoms with Gasteiger partial charge >= 0.3 is 12.0 Å². The highest BCUT2D eigenvalue weighted by Crippen LogP contribution is 1.99. The van der Waals surface area contributed by atoms with Crippen molar-refractivity contribution in [3.05, 3.63) is 0 Å². The van der Waals surface area contributed by atoms with Crippen LogP contribution in [0.5, 0.6) is 0 Å². The molecule has 0 aromatic heterocycles. The third kappa shape index (κ3) is 7.89. The molecule has 1 atom stereocenters. The van der Waals surface area contributed by atoms with Crippen LogP contribution in [-0.2, 0) is 9.53 Å². The lowest BCUT2D eigenvalue weighted by molar-refractivity contribution is -0.141. The van der Waals surface area contributed by atoms with E-state index in [-0.39, 0.29) is 12.1 Å². The minimum atomic E-state index is -0.845. The zero-order valence-electron chi connectivity index (χ0n) is 11.6. The Morgan fingerprint density at radius 3 is 2.44 bits per heavy atom. The van der Waals surface area contributed by atoms with E-state index < -0.39 is 11.9 Å². The van der Waals surface area contributed by atoms with E-state index in [2.05, 4.69) is 5.32 Å². The van der Waals surface area contributed by atoms with Gasteiger partial charge in [-0.05, 0) is 20.3 Å². The zero-order valence-corrected chi connectivity index (χ0v) is 11.6. The predicted molar refractivity (Wildman–Crippen MR) is 68.5 cm³/mol. The molecule has 106 valence electrons. The van der Waals surface area contributed by atoms with Crippen molar-refractivity contribution >= 4 is 12.0 Å². The van der Waals surface area contributed by atoms with E-state index in [4.69, 9.17) is 9.84 Å². The van der Waals surface area contributed by atoms with Gasteiger partial charge in [-0.3, -0.25) is 4.79 Å². The van der Waals surface area contributed by atoms with Crippen molar-refractivity contribution in [1.29, 1.82) is 0 Å². The first-order chi connectivity index (χ1) is 8.34. The number of likely N-dealkylation sites (N-methyl/N-ethyl adjacent to an activating group) is 1. The number of rotatable bonds is 8. The Morgan fingerprint density at radius 2 is 1.94 bits per heavy atom. The van der Waals surface area contributed by atoms with Gasteiger partial charge in [-0.25, -0.2) is 4.79 Å². The molecule has 0 fully saturated rings. The number of hydrogen-bond donors (Lipinski definition) is 2. The summed E-state index contributed by atoms with van der Waals surface area (Å²) >= 11 is 0. The Morgan fingerprint density at radius 1 is 1.33 bits per heavy atom. The fraction of sp³-hybridized carbons (Fsp3) is 0.833. The van der Waals surface area contributed by atoms with Crippen molar-refractivity contribution in [3.63, 3.8) is 0 Å². The van der Waals surface area contributed by atoms with Gasteiger partial charge in [0.25, 0.3) is 0 Å². The molecule has 0 heterocycles. The monoisotopic (exact) mass is 260 g/mol. The summed E-state index contributed by atoms with van der Waals surface area (Å²) in [6, 6.07) is -0.208. The number of carbonyl (C=O) groups is 2. The summed E-state index contributed by atoms with van der Waals surface area (Å²) in [7, 11) is 1.68. The molecule has 1 unspecified atom stereocenters. The van der Waals surface area contributed by atoms with E-state index in [1.54, 1.807) is 14.0 Å². The third-order valence-electron chi connectivity index (χ3n) is 2.50. The van der Waals surface area contributed by atoms with Gasteiger partial charge in [0.1, 0.15) is 0 Å². The minimum Gasteiger partial charge on any atom is -0.481 e. The van der Waals surface area contributed by atoms with Gasteiger partial charge in [0, 0.05) is 20.1 Å². The third-order valence-corrected chi connectivity index (χ3v) is 2.50. The maximum Gasteiger partial charge on any atom is 0.317 e. The molecule has 0 aromatic rings. The maximum absolute atomic E-state index is 11.6. The predicted octanol–water partition coefficient (Wildman–Crippen LogP) is 1.16. The minimum absolute atomic E-state index is 0.151. The highest BCUT2D eigenvalue weighted by molar-refractivity contribution is 5.74. The Bertz CT molecular complexity index is 269. The SMILES string of the molecule is CC(C)OCCN(C)C(=O)NCCC(C)C(=O)O. The summed E-state index contributed by atoms with van der Waals surface area (Å²) < 4.78 is 5.34. The second-order valence-corrected chi connectivity index (χ2v) is 4.60. The van der Waals surface area contributed by atoms with Crippen molar-refractivity contribution in [3.8, 4) is 0 Å². The second kappa shape index (κ2) is 8.74. The Hall–Kier alpha value is -1.30. The lowest BCUT2D eigenvalue weighted by atomic mass is 10.1. The Labute approximate surface area is 108 Å². The maximum atomic E-state index is 11.6. The van der Waals surface area contributed by atoms with Crippen LogP contribution in [0.1, 0.15) is 27.2 Å². The number of aliphatic carboxylic acids is 1. The average Bonchev–Trinajstić information content (AvgIpc) is 2.27. The summed E-state index contributed by atoms with van der Waals surface area (Å²) in [4.78, 5) is 23.7. The van der Waals surface area contributed by atoms with E-state index >= 15 is 0 Å². The molecule has 0 radical (unpaired) electrons. The molecule has 0 saturated heterocycles. The first kappa shape index (κ1) is 16.7. The number of hydrogen-bond acceptors (Lipinski definition) is 3. The molecular formula is C12H24N2O4. The van der Waals surface area contributed by atoms with Crippen molar-refractivity contribution in [2.75, 3.05) is 26.7 Å². The number of carbonyl (C=O) groups excluding carboxylic acids is 1. The van der Waals surface area contributed by atoms with Crippen LogP contribution in [-0.4, -0.2) is 54.9 Å². The van der Waals surface area contributed by atoms with E-state index in [1.807, 2.05) is 13.8 Å². The molecule has 0 spiro atoms. The van der Waals surface area contributed by atoms with Crippen molar-refractivity contribution in [2.24, 2.45) is 5.92 Å². The first-order valence-electron chi connectivity index (χ1n) is 6.18. The quantitative estimate of drug-likeness (QED) is 0.686. The molecule has 6 nitrogen and oxygen atoms in total. The standard InChI is InChI=1S/C12H24N2O4/c1-9(2)18-8-7-14(4)12(17)13-6-5-10(3)11(15)16/h9-10H,5-8H2,1-4H3,(H,13,17)(H,15,16). The lowest BCUT2D eigenvalue weighted by Crippen LogP contribution is -2.40. The summed E-state index contributed by atoms with van der Waals surface area (Å²) in [5.74, 6) is -1.29. The van der Waals surface area contributed by atoms with Crippen LogP contribution >= 0.6 is 0 Å². The summed E-state index contributed by atoms with van der Waals surface area (Å²) in [6.45, 7) is 6.86. The van der Waals surface area contributed by atoms with Crippen LogP contribution in [0.25, 0.3) is 0 Å².